The standard InChI is InChI=1S/C26H27F2N5O3S/c27-17-10-6-15(7-11-17)14-33(26(36)23-20(29)21(24(30)34)32-37-23)22(16-8-12-18(28)13-9-16)25(35)31-19-4-2-1-3-5-19/h6-13,19,22H,1-5,14,29H2,(H2,30,34)(H,31,35). The molecule has 1 aliphatic rings. The van der Waals surface area contributed by atoms with Crippen molar-refractivity contribution in [2.24, 2.45) is 5.73 Å². The van der Waals surface area contributed by atoms with Gasteiger partial charge in [-0.2, -0.15) is 4.37 Å². The zero-order chi connectivity index (χ0) is 26.5. The Balaban J connectivity index is 1.78. The Kier molecular flexibility index (Phi) is 8.12. The van der Waals surface area contributed by atoms with Crippen LogP contribution in [-0.2, 0) is 11.3 Å². The number of nitrogens with two attached hydrogens (primary N) is 2. The first-order valence-electron chi connectivity index (χ1n) is 11.9. The molecule has 2 aromatic carbocycles. The SMILES string of the molecule is NC(=O)c1nsc(C(=O)N(Cc2ccc(F)cc2)C(C(=O)NC2CCCCC2)c2ccc(F)cc2)c1N. The van der Waals surface area contributed by atoms with Gasteiger partial charge in [-0.25, -0.2) is 8.78 Å². The lowest BCUT2D eigenvalue weighted by atomic mass is 9.94. The van der Waals surface area contributed by atoms with Gasteiger partial charge in [0.25, 0.3) is 11.8 Å². The molecular formula is C26H27F2N5O3S. The zero-order valence-corrected chi connectivity index (χ0v) is 20.8. The number of primary amides is 1. The second-order valence-corrected chi connectivity index (χ2v) is 9.77. The average Bonchev–Trinajstić information content (AvgIpc) is 3.27. The molecule has 5 N–H and O–H groups in total. The maximum atomic E-state index is 13.9. The minimum atomic E-state index is -1.17. The molecule has 1 aliphatic carbocycles. The summed E-state index contributed by atoms with van der Waals surface area (Å²) in [4.78, 5) is 40.5. The molecule has 0 bridgehead atoms. The van der Waals surface area contributed by atoms with E-state index in [9.17, 15) is 23.2 Å². The Bertz CT molecular complexity index is 1270. The molecule has 3 aromatic rings. The zero-order valence-electron chi connectivity index (χ0n) is 20.0. The Hall–Kier alpha value is -3.86. The van der Waals surface area contributed by atoms with Crippen molar-refractivity contribution in [3.05, 3.63) is 81.9 Å². The number of hydrogen-bond acceptors (Lipinski definition) is 6. The van der Waals surface area contributed by atoms with Crippen LogP contribution in [0.3, 0.4) is 0 Å². The third-order valence-corrected chi connectivity index (χ3v) is 7.23. The van der Waals surface area contributed by atoms with Crippen molar-refractivity contribution in [3.8, 4) is 0 Å². The van der Waals surface area contributed by atoms with Crippen molar-refractivity contribution in [2.45, 2.75) is 50.7 Å². The quantitative estimate of drug-likeness (QED) is 0.408. The molecule has 1 saturated carbocycles. The van der Waals surface area contributed by atoms with E-state index in [4.69, 9.17) is 11.5 Å². The van der Waals surface area contributed by atoms with Gasteiger partial charge >= 0.3 is 0 Å². The van der Waals surface area contributed by atoms with E-state index in [-0.39, 0.29) is 28.8 Å². The van der Waals surface area contributed by atoms with Crippen LogP contribution in [0, 0.1) is 11.6 Å². The van der Waals surface area contributed by atoms with Gasteiger partial charge in [0.2, 0.25) is 5.91 Å². The smallest absolute Gasteiger partial charge is 0.270 e. The van der Waals surface area contributed by atoms with Gasteiger partial charge in [0.1, 0.15) is 22.6 Å². The summed E-state index contributed by atoms with van der Waals surface area (Å²) in [6, 6.07) is 9.58. The van der Waals surface area contributed by atoms with Crippen LogP contribution < -0.4 is 16.8 Å². The molecule has 37 heavy (non-hydrogen) atoms. The van der Waals surface area contributed by atoms with E-state index < -0.39 is 35.4 Å². The first-order valence-corrected chi connectivity index (χ1v) is 12.7. The van der Waals surface area contributed by atoms with Gasteiger partial charge in [0, 0.05) is 12.6 Å². The summed E-state index contributed by atoms with van der Waals surface area (Å²) < 4.78 is 31.3. The second kappa shape index (κ2) is 11.5. The highest BCUT2D eigenvalue weighted by Gasteiger charge is 2.36. The van der Waals surface area contributed by atoms with E-state index in [1.54, 1.807) is 0 Å². The van der Waals surface area contributed by atoms with Gasteiger partial charge in [-0.1, -0.05) is 43.5 Å². The number of hydrogen-bond donors (Lipinski definition) is 3. The minimum absolute atomic E-state index is 0.0538. The predicted octanol–water partition coefficient (Wildman–Crippen LogP) is 3.94. The first-order chi connectivity index (χ1) is 17.7. The normalized spacial score (nSPS) is 14.6. The summed E-state index contributed by atoms with van der Waals surface area (Å²) in [6.45, 7) is -0.0948. The van der Waals surface area contributed by atoms with Crippen molar-refractivity contribution in [1.82, 2.24) is 14.6 Å². The highest BCUT2D eigenvalue weighted by Crippen LogP contribution is 2.31. The van der Waals surface area contributed by atoms with Gasteiger partial charge in [0.05, 0.1) is 5.69 Å². The number of nitrogens with one attached hydrogen (secondary N) is 1. The van der Waals surface area contributed by atoms with Crippen LogP contribution in [0.1, 0.15) is 69.4 Å². The number of aromatic nitrogens is 1. The van der Waals surface area contributed by atoms with Crippen molar-refractivity contribution in [2.75, 3.05) is 5.73 Å². The van der Waals surface area contributed by atoms with E-state index in [0.29, 0.717) is 22.7 Å². The summed E-state index contributed by atoms with van der Waals surface area (Å²) in [5.41, 5.74) is 11.9. The fraction of sp³-hybridized carbons (Fsp3) is 0.308. The summed E-state index contributed by atoms with van der Waals surface area (Å²) in [6.07, 6.45) is 4.69. The van der Waals surface area contributed by atoms with Crippen LogP contribution in [-0.4, -0.2) is 33.0 Å². The molecular weight excluding hydrogens is 500 g/mol. The molecule has 1 unspecified atom stereocenters. The Labute approximate surface area is 216 Å². The Morgan fingerprint density at radius 2 is 1.59 bits per heavy atom. The highest BCUT2D eigenvalue weighted by atomic mass is 32.1. The van der Waals surface area contributed by atoms with Crippen LogP contribution in [0.2, 0.25) is 0 Å². The largest absolute Gasteiger partial charge is 0.395 e. The number of halogens is 2. The number of carbonyl (C=O) groups excluding carboxylic acids is 3. The molecule has 0 saturated heterocycles. The molecule has 194 valence electrons. The van der Waals surface area contributed by atoms with Gasteiger partial charge < -0.3 is 21.7 Å². The van der Waals surface area contributed by atoms with Crippen LogP contribution in [0.5, 0.6) is 0 Å². The maximum Gasteiger partial charge on any atom is 0.270 e. The summed E-state index contributed by atoms with van der Waals surface area (Å²) in [5.74, 6) is -2.94. The third-order valence-electron chi connectivity index (χ3n) is 6.38. The van der Waals surface area contributed by atoms with Crippen LogP contribution >= 0.6 is 11.5 Å². The second-order valence-electron chi connectivity index (χ2n) is 9.00. The lowest BCUT2D eigenvalue weighted by Crippen LogP contribution is -2.46. The van der Waals surface area contributed by atoms with E-state index in [1.807, 2.05) is 0 Å². The number of anilines is 1. The molecule has 3 amide bonds. The first kappa shape index (κ1) is 26.2. The average molecular weight is 528 g/mol. The van der Waals surface area contributed by atoms with Crippen molar-refractivity contribution >= 4 is 34.9 Å². The van der Waals surface area contributed by atoms with Gasteiger partial charge in [-0.3, -0.25) is 14.4 Å². The molecule has 0 spiro atoms. The number of nitrogens with zero attached hydrogens (tertiary/aromatic N) is 2. The van der Waals surface area contributed by atoms with Crippen molar-refractivity contribution in [3.63, 3.8) is 0 Å². The molecule has 11 heteroatoms. The molecule has 4 rings (SSSR count). The van der Waals surface area contributed by atoms with Gasteiger partial charge in [-0.15, -0.1) is 0 Å². The molecule has 1 heterocycles. The van der Waals surface area contributed by atoms with Gasteiger partial charge in [-0.05, 0) is 59.8 Å². The van der Waals surface area contributed by atoms with E-state index >= 15 is 0 Å². The fourth-order valence-electron chi connectivity index (χ4n) is 4.47. The Morgan fingerprint density at radius 3 is 2.16 bits per heavy atom. The molecule has 1 aromatic heterocycles. The van der Waals surface area contributed by atoms with E-state index in [2.05, 4.69) is 9.69 Å². The number of rotatable bonds is 8. The maximum absolute atomic E-state index is 13.9. The number of nitrogen functional groups attached to an aromatic ring is 1. The number of carbonyl (C=O) groups is 3. The van der Waals surface area contributed by atoms with E-state index in [1.165, 1.54) is 53.4 Å². The molecule has 8 nitrogen and oxygen atoms in total. The monoisotopic (exact) mass is 527 g/mol. The summed E-state index contributed by atoms with van der Waals surface area (Å²) >= 11 is 0.698. The number of amides is 3. The molecule has 0 radical (unpaired) electrons. The predicted molar refractivity (Wildman–Crippen MR) is 135 cm³/mol. The summed E-state index contributed by atoms with van der Waals surface area (Å²) in [7, 11) is 0. The minimum Gasteiger partial charge on any atom is -0.395 e. The fourth-order valence-corrected chi connectivity index (χ4v) is 5.23. The number of benzene rings is 2. The molecule has 0 aliphatic heterocycles. The van der Waals surface area contributed by atoms with Crippen LogP contribution in [0.15, 0.2) is 48.5 Å². The van der Waals surface area contributed by atoms with Crippen molar-refractivity contribution in [1.29, 1.82) is 0 Å². The van der Waals surface area contributed by atoms with Crippen LogP contribution in [0.25, 0.3) is 0 Å². The van der Waals surface area contributed by atoms with E-state index in [0.717, 1.165) is 32.1 Å². The lowest BCUT2D eigenvalue weighted by Gasteiger charge is -2.33. The van der Waals surface area contributed by atoms with Gasteiger partial charge in [0.15, 0.2) is 5.69 Å². The molecule has 1 fully saturated rings. The highest BCUT2D eigenvalue weighted by molar-refractivity contribution is 7.09. The lowest BCUT2D eigenvalue weighted by molar-refractivity contribution is -0.127. The topological polar surface area (TPSA) is 131 Å². The Morgan fingerprint density at radius 1 is 1.00 bits per heavy atom. The van der Waals surface area contributed by atoms with Crippen LogP contribution in [0.4, 0.5) is 14.5 Å². The third kappa shape index (κ3) is 6.11. The summed E-state index contributed by atoms with van der Waals surface area (Å²) in [5, 5.41) is 3.05. The molecule has 1 atom stereocenters. The van der Waals surface area contributed by atoms with Crippen molar-refractivity contribution < 1.29 is 23.2 Å².